The van der Waals surface area contributed by atoms with Crippen molar-refractivity contribution in [3.63, 3.8) is 0 Å². The maximum Gasteiger partial charge on any atom is 0.328 e. The zero-order valence-corrected chi connectivity index (χ0v) is 15.0. The molecule has 1 aromatic rings. The summed E-state index contributed by atoms with van der Waals surface area (Å²) in [5.74, 6) is -1.99. The highest BCUT2D eigenvalue weighted by Gasteiger charge is 2.50. The predicted molar refractivity (Wildman–Crippen MR) is 87.5 cm³/mol. The van der Waals surface area contributed by atoms with Crippen molar-refractivity contribution in [3.05, 3.63) is 27.4 Å². The second-order valence-electron chi connectivity index (χ2n) is 5.46. The molecule has 0 radical (unpaired) electrons. The first-order chi connectivity index (χ1) is 12.6. The van der Waals surface area contributed by atoms with Crippen molar-refractivity contribution < 1.29 is 34.7 Å². The zero-order valence-electron chi connectivity index (χ0n) is 15.2. The van der Waals surface area contributed by atoms with Crippen molar-refractivity contribution in [2.24, 2.45) is 0 Å². The van der Waals surface area contributed by atoms with E-state index in [9.17, 15) is 19.2 Å². The van der Waals surface area contributed by atoms with Crippen LogP contribution in [0, 0.1) is 4.64 Å². The number of aromatic nitrogens is 2. The van der Waals surface area contributed by atoms with Gasteiger partial charge in [-0.05, 0) is 6.04 Å². The maximum absolute atomic E-state index is 12.3. The molecule has 0 amide bonds. The molecule has 1 aliphatic rings. The van der Waals surface area contributed by atoms with Crippen LogP contribution in [0.5, 0.6) is 0 Å². The number of carbonyl (C=O) groups excluding carboxylic acids is 3. The number of nitrogens with one attached hydrogen (secondary N) is 1. The minimum absolute atomic E-state index is 0.0775. The monoisotopic (exact) mass is 387 g/mol. The highest BCUT2D eigenvalue weighted by Crippen LogP contribution is 2.33. The molecule has 0 aliphatic carbocycles. The van der Waals surface area contributed by atoms with E-state index in [0.29, 0.717) is 0 Å². The van der Waals surface area contributed by atoms with Gasteiger partial charge >= 0.3 is 23.6 Å². The number of carbonyl (C=O) groups is 3. The lowest BCUT2D eigenvalue weighted by Gasteiger charge is -2.23. The van der Waals surface area contributed by atoms with Gasteiger partial charge in [-0.1, -0.05) is 12.2 Å². The van der Waals surface area contributed by atoms with Gasteiger partial charge in [0.15, 0.2) is 18.4 Å². The van der Waals surface area contributed by atoms with E-state index >= 15 is 0 Å². The largest absolute Gasteiger partial charge is 0.463 e. The van der Waals surface area contributed by atoms with Crippen LogP contribution >= 0.6 is 12.2 Å². The first kappa shape index (κ1) is 18.3. The van der Waals surface area contributed by atoms with Gasteiger partial charge in [-0.3, -0.25) is 23.9 Å². The van der Waals surface area contributed by atoms with Crippen molar-refractivity contribution in [1.29, 1.82) is 0 Å². The summed E-state index contributed by atoms with van der Waals surface area (Å²) in [4.78, 5) is 48.7. The van der Waals surface area contributed by atoms with Gasteiger partial charge in [-0.15, -0.1) is 0 Å². The Kier molecular flexibility index (Phi) is 5.78. The third kappa shape index (κ3) is 4.76. The predicted octanol–water partition coefficient (Wildman–Crippen LogP) is 0.230. The lowest BCUT2D eigenvalue weighted by atomic mass is 10.1. The van der Waals surface area contributed by atoms with Crippen LogP contribution in [-0.2, 0) is 33.3 Å². The SMILES string of the molecule is [2H]c1cn([C@@H]2O[C@H](COC(C)=O)[C@@H](OC(C)=O)[C@H]2OC(C)=O)c(=O)[nH]c1=S. The molecule has 1 aromatic heterocycles. The fourth-order valence-corrected chi connectivity index (χ4v) is 2.63. The van der Waals surface area contributed by atoms with Crippen LogP contribution < -0.4 is 5.69 Å². The molecule has 0 aromatic carbocycles. The van der Waals surface area contributed by atoms with Crippen LogP contribution in [0.1, 0.15) is 28.4 Å². The molecule has 0 bridgehead atoms. The number of aromatic amines is 1. The van der Waals surface area contributed by atoms with Crippen LogP contribution in [-0.4, -0.2) is 52.4 Å². The van der Waals surface area contributed by atoms with Crippen molar-refractivity contribution in [3.8, 4) is 0 Å². The normalized spacial score (nSPS) is 25.3. The van der Waals surface area contributed by atoms with Gasteiger partial charge in [0.25, 0.3) is 0 Å². The van der Waals surface area contributed by atoms with Crippen molar-refractivity contribution in [2.45, 2.75) is 45.3 Å². The number of esters is 3. The Morgan fingerprint density at radius 2 is 1.85 bits per heavy atom. The summed E-state index contributed by atoms with van der Waals surface area (Å²) in [5, 5.41) is 0. The molecule has 26 heavy (non-hydrogen) atoms. The van der Waals surface area contributed by atoms with Crippen molar-refractivity contribution >= 4 is 30.1 Å². The van der Waals surface area contributed by atoms with Crippen LogP contribution in [0.4, 0.5) is 0 Å². The summed E-state index contributed by atoms with van der Waals surface area (Å²) in [6.07, 6.45) is -3.48. The number of hydrogen-bond acceptors (Lipinski definition) is 9. The Morgan fingerprint density at radius 3 is 2.42 bits per heavy atom. The zero-order chi connectivity index (χ0) is 20.3. The van der Waals surface area contributed by atoms with E-state index < -0.39 is 48.1 Å². The van der Waals surface area contributed by atoms with E-state index in [0.717, 1.165) is 24.6 Å². The van der Waals surface area contributed by atoms with Crippen molar-refractivity contribution in [2.75, 3.05) is 6.61 Å². The smallest absolute Gasteiger partial charge is 0.328 e. The molecule has 0 unspecified atom stereocenters. The third-order valence-electron chi connectivity index (χ3n) is 3.40. The highest BCUT2D eigenvalue weighted by atomic mass is 32.1. The van der Waals surface area contributed by atoms with Crippen LogP contribution in [0.15, 0.2) is 17.0 Å². The standard InChI is InChI=1S/C15H18N2O8S/c1-7(18)22-6-10-12(23-8(2)19)13(24-9(3)20)14(25-10)17-5-4-11(26)16-15(17)21/h4-5,10,12-14H,6H2,1-3H3,(H,16,21,26)/t10-,12-,13-,14-/m1/s1/i4D. The molecule has 1 aliphatic heterocycles. The number of H-pyrrole nitrogens is 1. The summed E-state index contributed by atoms with van der Waals surface area (Å²) in [7, 11) is 0. The van der Waals surface area contributed by atoms with Gasteiger partial charge in [0.2, 0.25) is 0 Å². The van der Waals surface area contributed by atoms with E-state index in [1.54, 1.807) is 0 Å². The Hall–Kier alpha value is -2.53. The van der Waals surface area contributed by atoms with Gasteiger partial charge in [0.05, 0.1) is 1.37 Å². The summed E-state index contributed by atoms with van der Waals surface area (Å²) in [6, 6.07) is -0.165. The summed E-state index contributed by atoms with van der Waals surface area (Å²) < 4.78 is 29.7. The molecule has 2 rings (SSSR count). The Bertz CT molecular complexity index is 866. The third-order valence-corrected chi connectivity index (χ3v) is 3.62. The quantitative estimate of drug-likeness (QED) is 0.429. The van der Waals surface area contributed by atoms with Gasteiger partial charge in [-0.25, -0.2) is 4.79 Å². The molecular weight excluding hydrogens is 368 g/mol. The topological polar surface area (TPSA) is 126 Å². The Balaban J connectivity index is 2.47. The molecule has 1 fully saturated rings. The molecule has 2 heterocycles. The maximum atomic E-state index is 12.3. The Labute approximate surface area is 154 Å². The molecule has 4 atom stereocenters. The fraction of sp³-hybridized carbons (Fsp3) is 0.533. The molecule has 0 saturated carbocycles. The number of nitrogens with zero attached hydrogens (tertiary/aromatic N) is 1. The van der Waals surface area contributed by atoms with Crippen LogP contribution in [0.3, 0.4) is 0 Å². The lowest BCUT2D eigenvalue weighted by molar-refractivity contribution is -0.166. The van der Waals surface area contributed by atoms with E-state index in [1.807, 2.05) is 0 Å². The van der Waals surface area contributed by atoms with E-state index in [4.69, 9.17) is 32.5 Å². The second kappa shape index (κ2) is 8.23. The first-order valence-corrected chi connectivity index (χ1v) is 7.96. The van der Waals surface area contributed by atoms with Gasteiger partial charge in [0, 0.05) is 27.0 Å². The minimum Gasteiger partial charge on any atom is -0.463 e. The molecule has 142 valence electrons. The van der Waals surface area contributed by atoms with E-state index in [2.05, 4.69) is 4.98 Å². The first-order valence-electron chi connectivity index (χ1n) is 8.05. The van der Waals surface area contributed by atoms with E-state index in [1.165, 1.54) is 6.92 Å². The van der Waals surface area contributed by atoms with Gasteiger partial charge in [0.1, 0.15) is 17.4 Å². The summed E-state index contributed by atoms with van der Waals surface area (Å²) in [6.45, 7) is 3.17. The second-order valence-corrected chi connectivity index (χ2v) is 5.86. The van der Waals surface area contributed by atoms with Crippen LogP contribution in [0.25, 0.3) is 0 Å². The average molecular weight is 387 g/mol. The minimum atomic E-state index is -1.23. The molecule has 11 heteroatoms. The fourth-order valence-electron chi connectivity index (χ4n) is 2.49. The number of ether oxygens (including phenoxy) is 4. The highest BCUT2D eigenvalue weighted by molar-refractivity contribution is 7.71. The van der Waals surface area contributed by atoms with Crippen molar-refractivity contribution in [1.82, 2.24) is 9.55 Å². The number of rotatable bonds is 5. The average Bonchev–Trinajstić information content (AvgIpc) is 2.85. The van der Waals surface area contributed by atoms with Crippen LogP contribution in [0.2, 0.25) is 0 Å². The molecule has 1 N–H and O–H groups in total. The summed E-state index contributed by atoms with van der Waals surface area (Å²) >= 11 is 4.84. The van der Waals surface area contributed by atoms with Gasteiger partial charge in [-0.2, -0.15) is 0 Å². The Morgan fingerprint density at radius 1 is 1.23 bits per heavy atom. The van der Waals surface area contributed by atoms with Gasteiger partial charge < -0.3 is 18.9 Å². The molecule has 10 nitrogen and oxygen atoms in total. The van der Waals surface area contributed by atoms with E-state index in [-0.39, 0.29) is 17.3 Å². The molecular formula is C15H18N2O8S. The number of hydrogen-bond donors (Lipinski definition) is 1. The molecule has 0 spiro atoms. The lowest BCUT2D eigenvalue weighted by Crippen LogP contribution is -2.41. The molecule has 1 saturated heterocycles. The summed E-state index contributed by atoms with van der Waals surface area (Å²) in [5.41, 5.74) is -0.715.